The van der Waals surface area contributed by atoms with Crippen molar-refractivity contribution in [2.24, 2.45) is 0 Å². The molecule has 102 valence electrons. The van der Waals surface area contributed by atoms with E-state index in [9.17, 15) is 0 Å². The first kappa shape index (κ1) is 14.0. The molecule has 0 atom stereocenters. The maximum absolute atomic E-state index is 5.29. The molecule has 5 nitrogen and oxygen atoms in total. The van der Waals surface area contributed by atoms with E-state index in [0.717, 1.165) is 18.0 Å². The van der Waals surface area contributed by atoms with Crippen LogP contribution < -0.4 is 15.6 Å². The topological polar surface area (TPSA) is 33.8 Å². The Bertz CT molecular complexity index is 503. The van der Waals surface area contributed by atoms with Crippen molar-refractivity contribution in [3.05, 3.63) is 24.3 Å². The van der Waals surface area contributed by atoms with Crippen LogP contribution in [0.15, 0.2) is 24.3 Å². The van der Waals surface area contributed by atoms with E-state index in [1.807, 2.05) is 60.2 Å². The van der Waals surface area contributed by atoms with Crippen molar-refractivity contribution in [1.82, 2.24) is 15.3 Å². The highest BCUT2D eigenvalue weighted by atomic mass is 32.1. The van der Waals surface area contributed by atoms with Gasteiger partial charge in [0.1, 0.15) is 0 Å². The molecular weight excluding hydrogens is 278 g/mol. The van der Waals surface area contributed by atoms with E-state index in [4.69, 9.17) is 24.4 Å². The Kier molecular flexibility index (Phi) is 4.18. The molecule has 0 aliphatic carbocycles. The van der Waals surface area contributed by atoms with Gasteiger partial charge in [-0.25, -0.2) is 5.01 Å². The van der Waals surface area contributed by atoms with E-state index >= 15 is 0 Å². The van der Waals surface area contributed by atoms with Crippen LogP contribution in [0.2, 0.25) is 0 Å². The molecule has 1 aromatic carbocycles. The Morgan fingerprint density at radius 3 is 2.74 bits per heavy atom. The van der Waals surface area contributed by atoms with E-state index in [0.29, 0.717) is 10.2 Å². The lowest BCUT2D eigenvalue weighted by molar-refractivity contribution is 0.340. The maximum Gasteiger partial charge on any atom is 0.189 e. The fraction of sp³-hybridized carbons (Fsp3) is 0.333. The number of hydrazine groups is 1. The van der Waals surface area contributed by atoms with Crippen LogP contribution in [0.4, 0.5) is 11.4 Å². The molecule has 1 saturated heterocycles. The molecule has 0 bridgehead atoms. The van der Waals surface area contributed by atoms with E-state index in [1.54, 1.807) is 0 Å². The summed E-state index contributed by atoms with van der Waals surface area (Å²) in [6.07, 6.45) is 0. The average Bonchev–Trinajstić information content (AvgIpc) is 2.68. The normalized spacial score (nSPS) is 15.3. The Balaban J connectivity index is 2.15. The zero-order chi connectivity index (χ0) is 14.0. The molecule has 2 rings (SSSR count). The van der Waals surface area contributed by atoms with Crippen molar-refractivity contribution >= 4 is 46.0 Å². The first-order valence-corrected chi connectivity index (χ1v) is 6.66. The van der Waals surface area contributed by atoms with Crippen LogP contribution in [-0.2, 0) is 0 Å². The van der Waals surface area contributed by atoms with Gasteiger partial charge in [0.15, 0.2) is 10.2 Å². The number of thiocarbonyl (C=S) groups is 2. The van der Waals surface area contributed by atoms with Gasteiger partial charge in [0.05, 0.1) is 6.67 Å². The summed E-state index contributed by atoms with van der Waals surface area (Å²) < 4.78 is 0. The summed E-state index contributed by atoms with van der Waals surface area (Å²) in [5.41, 5.74) is 5.07. The largest absolute Gasteiger partial charge is 0.355 e. The van der Waals surface area contributed by atoms with E-state index in [2.05, 4.69) is 10.7 Å². The first-order chi connectivity index (χ1) is 8.97. The Hall–Kier alpha value is -1.44. The number of hydrogen-bond acceptors (Lipinski definition) is 3. The van der Waals surface area contributed by atoms with Crippen molar-refractivity contribution in [3.63, 3.8) is 0 Å². The van der Waals surface area contributed by atoms with Crippen molar-refractivity contribution in [2.45, 2.75) is 0 Å². The van der Waals surface area contributed by atoms with Crippen LogP contribution in [0.5, 0.6) is 0 Å². The summed E-state index contributed by atoms with van der Waals surface area (Å²) in [4.78, 5) is 3.89. The van der Waals surface area contributed by atoms with Crippen molar-refractivity contribution in [2.75, 3.05) is 38.0 Å². The molecule has 0 unspecified atom stereocenters. The third-order valence-electron chi connectivity index (χ3n) is 2.70. The molecule has 0 amide bonds. The quantitative estimate of drug-likeness (QED) is 0.799. The predicted molar refractivity (Wildman–Crippen MR) is 87.2 cm³/mol. The second-order valence-corrected chi connectivity index (χ2v) is 5.33. The molecule has 7 heteroatoms. The van der Waals surface area contributed by atoms with Crippen molar-refractivity contribution in [1.29, 1.82) is 0 Å². The third kappa shape index (κ3) is 3.31. The molecule has 0 radical (unpaired) electrons. The lowest BCUT2D eigenvalue weighted by atomic mass is 10.2. The van der Waals surface area contributed by atoms with Gasteiger partial charge < -0.3 is 15.1 Å². The molecule has 1 aliphatic heterocycles. The van der Waals surface area contributed by atoms with Crippen LogP contribution >= 0.6 is 24.4 Å². The number of benzene rings is 1. The smallest absolute Gasteiger partial charge is 0.189 e. The SMILES string of the molecule is CN1CN(c2cccc(NC(=S)N(C)C)c2)C(=S)N1. The molecular formula is C12H17N5S2. The summed E-state index contributed by atoms with van der Waals surface area (Å²) in [5, 5.41) is 6.50. The Morgan fingerprint density at radius 2 is 2.16 bits per heavy atom. The molecule has 1 fully saturated rings. The second kappa shape index (κ2) is 5.68. The number of nitrogens with zero attached hydrogens (tertiary/aromatic N) is 3. The average molecular weight is 295 g/mol. The van der Waals surface area contributed by atoms with E-state index in [1.165, 1.54) is 0 Å². The highest BCUT2D eigenvalue weighted by Crippen LogP contribution is 2.21. The third-order valence-corrected chi connectivity index (χ3v) is 3.48. The van der Waals surface area contributed by atoms with E-state index < -0.39 is 0 Å². The van der Waals surface area contributed by atoms with Gasteiger partial charge in [-0.3, -0.25) is 5.43 Å². The standard InChI is InChI=1S/C12H17N5S2/c1-15(2)11(18)13-9-5-4-6-10(7-9)17-8-16(3)14-12(17)19/h4-7H,8H2,1-3H3,(H,13,18)(H,14,19). The van der Waals surface area contributed by atoms with Gasteiger partial charge in [-0.2, -0.15) is 0 Å². The van der Waals surface area contributed by atoms with Gasteiger partial charge in [0.25, 0.3) is 0 Å². The zero-order valence-corrected chi connectivity index (χ0v) is 12.8. The molecule has 0 spiro atoms. The lowest BCUT2D eigenvalue weighted by Gasteiger charge is -2.19. The van der Waals surface area contributed by atoms with Gasteiger partial charge in [-0.15, -0.1) is 0 Å². The van der Waals surface area contributed by atoms with Crippen molar-refractivity contribution < 1.29 is 0 Å². The van der Waals surface area contributed by atoms with Crippen LogP contribution in [0.3, 0.4) is 0 Å². The predicted octanol–water partition coefficient (Wildman–Crippen LogP) is 1.44. The fourth-order valence-corrected chi connectivity index (χ4v) is 2.16. The number of anilines is 2. The minimum atomic E-state index is 0.677. The first-order valence-electron chi connectivity index (χ1n) is 5.85. The highest BCUT2D eigenvalue weighted by molar-refractivity contribution is 7.80. The summed E-state index contributed by atoms with van der Waals surface area (Å²) in [5.74, 6) is 0. The Labute approximate surface area is 124 Å². The minimum Gasteiger partial charge on any atom is -0.355 e. The van der Waals surface area contributed by atoms with Gasteiger partial charge in [0, 0.05) is 32.5 Å². The van der Waals surface area contributed by atoms with Gasteiger partial charge >= 0.3 is 0 Å². The second-order valence-electron chi connectivity index (χ2n) is 4.56. The van der Waals surface area contributed by atoms with Crippen LogP contribution in [0.25, 0.3) is 0 Å². The highest BCUT2D eigenvalue weighted by Gasteiger charge is 2.22. The summed E-state index contributed by atoms with van der Waals surface area (Å²) in [7, 11) is 5.77. The number of hydrogen-bond donors (Lipinski definition) is 2. The zero-order valence-electron chi connectivity index (χ0n) is 11.2. The molecule has 1 aliphatic rings. The summed E-state index contributed by atoms with van der Waals surface area (Å²) in [6.45, 7) is 0.723. The van der Waals surface area contributed by atoms with Gasteiger partial charge in [0.2, 0.25) is 0 Å². The molecule has 1 aromatic rings. The molecule has 0 aromatic heterocycles. The van der Waals surface area contributed by atoms with Crippen molar-refractivity contribution in [3.8, 4) is 0 Å². The van der Waals surface area contributed by atoms with Gasteiger partial charge in [-0.05, 0) is 42.6 Å². The van der Waals surface area contributed by atoms with Crippen LogP contribution in [-0.4, -0.2) is 47.9 Å². The van der Waals surface area contributed by atoms with Gasteiger partial charge in [-0.1, -0.05) is 6.07 Å². The van der Waals surface area contributed by atoms with E-state index in [-0.39, 0.29) is 0 Å². The number of rotatable bonds is 2. The summed E-state index contributed by atoms with van der Waals surface area (Å²) in [6, 6.07) is 8.02. The molecule has 1 heterocycles. The monoisotopic (exact) mass is 295 g/mol. The lowest BCUT2D eigenvalue weighted by Crippen LogP contribution is -2.29. The molecule has 19 heavy (non-hydrogen) atoms. The maximum atomic E-state index is 5.29. The summed E-state index contributed by atoms with van der Waals surface area (Å²) >= 11 is 10.5. The molecule has 2 N–H and O–H groups in total. The molecule has 0 saturated carbocycles. The minimum absolute atomic E-state index is 0.677. The van der Waals surface area contributed by atoms with Crippen LogP contribution in [0, 0.1) is 0 Å². The number of nitrogens with one attached hydrogen (secondary N) is 2. The Morgan fingerprint density at radius 1 is 1.42 bits per heavy atom. The fourth-order valence-electron chi connectivity index (χ4n) is 1.72. The van der Waals surface area contributed by atoms with Crippen LogP contribution in [0.1, 0.15) is 0 Å².